The molecule has 0 spiro atoms. The van der Waals surface area contributed by atoms with E-state index in [0.717, 1.165) is 10.6 Å². The maximum atomic E-state index is 12.2. The van der Waals surface area contributed by atoms with Crippen LogP contribution in [0.4, 0.5) is 13.2 Å². The van der Waals surface area contributed by atoms with Crippen molar-refractivity contribution in [3.8, 4) is 5.75 Å². The molecule has 0 aliphatic carbocycles. The molecule has 0 bridgehead atoms. The average molecular weight is 343 g/mol. The van der Waals surface area contributed by atoms with E-state index in [1.807, 2.05) is 0 Å². The van der Waals surface area contributed by atoms with Crippen LogP contribution in [0.15, 0.2) is 16.9 Å². The zero-order valence-electron chi connectivity index (χ0n) is 11.5. The standard InChI is InChI=1S/C11H12F3NO6S/c1-3-20-10(17)6-15-7(2)4-8(5-9(15)16)21-22(18,19)11(12,13)14/h4-5H,3,6H2,1-2H3. The summed E-state index contributed by atoms with van der Waals surface area (Å²) in [6.45, 7) is 2.50. The summed E-state index contributed by atoms with van der Waals surface area (Å²) in [6, 6.07) is 1.43. The van der Waals surface area contributed by atoms with Gasteiger partial charge in [-0.3, -0.25) is 9.59 Å². The van der Waals surface area contributed by atoms with Crippen LogP contribution in [0.1, 0.15) is 12.6 Å². The van der Waals surface area contributed by atoms with E-state index in [9.17, 15) is 31.2 Å². The van der Waals surface area contributed by atoms with E-state index in [2.05, 4.69) is 8.92 Å². The topological polar surface area (TPSA) is 91.7 Å². The van der Waals surface area contributed by atoms with Gasteiger partial charge in [-0.1, -0.05) is 0 Å². The molecule has 0 aliphatic rings. The molecule has 0 fully saturated rings. The van der Waals surface area contributed by atoms with Crippen molar-refractivity contribution in [2.45, 2.75) is 25.9 Å². The molecule has 0 N–H and O–H groups in total. The fourth-order valence-electron chi connectivity index (χ4n) is 1.46. The highest BCUT2D eigenvalue weighted by Gasteiger charge is 2.48. The van der Waals surface area contributed by atoms with Crippen LogP contribution in [-0.2, 0) is 26.2 Å². The monoisotopic (exact) mass is 343 g/mol. The first-order chi connectivity index (χ1) is 9.98. The zero-order chi connectivity index (χ0) is 17.1. The number of halogens is 3. The lowest BCUT2D eigenvalue weighted by Gasteiger charge is -2.12. The normalized spacial score (nSPS) is 12.0. The van der Waals surface area contributed by atoms with E-state index in [-0.39, 0.29) is 12.3 Å². The van der Waals surface area contributed by atoms with Crippen LogP contribution in [0.25, 0.3) is 0 Å². The Bertz CT molecular complexity index is 722. The molecule has 1 heterocycles. The fourth-order valence-corrected chi connectivity index (χ4v) is 1.90. The maximum absolute atomic E-state index is 12.2. The van der Waals surface area contributed by atoms with Crippen LogP contribution in [0, 0.1) is 6.92 Å². The second-order valence-electron chi connectivity index (χ2n) is 4.05. The van der Waals surface area contributed by atoms with Gasteiger partial charge in [-0.25, -0.2) is 0 Å². The highest BCUT2D eigenvalue weighted by Crippen LogP contribution is 2.26. The van der Waals surface area contributed by atoms with Crippen molar-refractivity contribution in [3.05, 3.63) is 28.2 Å². The predicted octanol–water partition coefficient (Wildman–Crippen LogP) is 0.948. The molecule has 11 heteroatoms. The Balaban J connectivity index is 3.10. The molecule has 0 aliphatic heterocycles. The van der Waals surface area contributed by atoms with Crippen molar-refractivity contribution in [1.82, 2.24) is 4.57 Å². The second kappa shape index (κ2) is 6.38. The zero-order valence-corrected chi connectivity index (χ0v) is 12.3. The van der Waals surface area contributed by atoms with Gasteiger partial charge in [0.25, 0.3) is 5.56 Å². The molecule has 0 atom stereocenters. The second-order valence-corrected chi connectivity index (χ2v) is 5.58. The van der Waals surface area contributed by atoms with Gasteiger partial charge in [0.05, 0.1) is 6.61 Å². The van der Waals surface area contributed by atoms with Crippen LogP contribution in [0.3, 0.4) is 0 Å². The first-order valence-electron chi connectivity index (χ1n) is 5.86. The van der Waals surface area contributed by atoms with Gasteiger partial charge in [0.1, 0.15) is 12.3 Å². The van der Waals surface area contributed by atoms with Crippen molar-refractivity contribution >= 4 is 16.1 Å². The summed E-state index contributed by atoms with van der Waals surface area (Å²) in [7, 11) is -5.87. The van der Waals surface area contributed by atoms with Crippen LogP contribution < -0.4 is 9.74 Å². The summed E-state index contributed by atoms with van der Waals surface area (Å²) in [6.07, 6.45) is 0. The van der Waals surface area contributed by atoms with E-state index in [1.54, 1.807) is 6.92 Å². The maximum Gasteiger partial charge on any atom is 0.534 e. The van der Waals surface area contributed by atoms with Gasteiger partial charge in [-0.2, -0.15) is 21.6 Å². The molecular formula is C11H12F3NO6S. The Hall–Kier alpha value is -2.04. The lowest BCUT2D eigenvalue weighted by Crippen LogP contribution is -2.30. The molecule has 124 valence electrons. The summed E-state index contributed by atoms with van der Waals surface area (Å²) in [5, 5.41) is 0. The molecule has 1 aromatic rings. The Morgan fingerprint density at radius 2 is 1.91 bits per heavy atom. The lowest BCUT2D eigenvalue weighted by atomic mass is 10.3. The molecule has 0 amide bonds. The van der Waals surface area contributed by atoms with Crippen LogP contribution in [-0.4, -0.2) is 31.1 Å². The van der Waals surface area contributed by atoms with Gasteiger partial charge < -0.3 is 13.5 Å². The summed E-state index contributed by atoms with van der Waals surface area (Å²) < 4.78 is 67.7. The molecular weight excluding hydrogens is 331 g/mol. The minimum Gasteiger partial charge on any atom is -0.465 e. The Morgan fingerprint density at radius 3 is 2.36 bits per heavy atom. The van der Waals surface area contributed by atoms with Gasteiger partial charge in [0.15, 0.2) is 0 Å². The largest absolute Gasteiger partial charge is 0.534 e. The number of esters is 1. The highest BCUT2D eigenvalue weighted by molar-refractivity contribution is 7.87. The minimum absolute atomic E-state index is 0.0351. The third-order valence-electron chi connectivity index (χ3n) is 2.39. The number of alkyl halides is 3. The molecule has 1 rings (SSSR count). The highest BCUT2D eigenvalue weighted by atomic mass is 32.2. The Morgan fingerprint density at radius 1 is 1.32 bits per heavy atom. The number of carbonyl (C=O) groups excluding carboxylic acids is 1. The number of rotatable bonds is 5. The minimum atomic E-state index is -5.87. The van der Waals surface area contributed by atoms with Crippen LogP contribution in [0.5, 0.6) is 5.75 Å². The van der Waals surface area contributed by atoms with Crippen LogP contribution in [0.2, 0.25) is 0 Å². The van der Waals surface area contributed by atoms with E-state index < -0.39 is 39.4 Å². The van der Waals surface area contributed by atoms with Crippen molar-refractivity contribution in [2.75, 3.05) is 6.61 Å². The average Bonchev–Trinajstić information content (AvgIpc) is 2.32. The third kappa shape index (κ3) is 4.23. The Kier molecular flexibility index (Phi) is 5.22. The number of hydrogen-bond acceptors (Lipinski definition) is 6. The molecule has 0 saturated heterocycles. The molecule has 22 heavy (non-hydrogen) atoms. The smallest absolute Gasteiger partial charge is 0.465 e. The SMILES string of the molecule is CCOC(=O)Cn1c(C)cc(OS(=O)(=O)C(F)(F)F)cc1=O. The number of nitrogens with zero attached hydrogens (tertiary/aromatic N) is 1. The van der Waals surface area contributed by atoms with Crippen LogP contribution >= 0.6 is 0 Å². The molecule has 0 saturated carbocycles. The number of hydrogen-bond donors (Lipinski definition) is 0. The molecule has 0 radical (unpaired) electrons. The van der Waals surface area contributed by atoms with Gasteiger partial charge in [0.2, 0.25) is 0 Å². The van der Waals surface area contributed by atoms with Crippen molar-refractivity contribution in [1.29, 1.82) is 0 Å². The third-order valence-corrected chi connectivity index (χ3v) is 3.37. The summed E-state index contributed by atoms with van der Waals surface area (Å²) in [4.78, 5) is 23.0. The van der Waals surface area contributed by atoms with Crippen molar-refractivity contribution in [2.24, 2.45) is 0 Å². The molecule has 1 aromatic heterocycles. The number of carbonyl (C=O) groups is 1. The summed E-state index contributed by atoms with van der Waals surface area (Å²) in [5.74, 6) is -1.51. The lowest BCUT2D eigenvalue weighted by molar-refractivity contribution is -0.143. The van der Waals surface area contributed by atoms with Gasteiger partial charge in [-0.15, -0.1) is 0 Å². The Labute approximate surface area is 123 Å². The number of pyridine rings is 1. The molecule has 0 aromatic carbocycles. The van der Waals surface area contributed by atoms with E-state index in [4.69, 9.17) is 0 Å². The van der Waals surface area contributed by atoms with Crippen molar-refractivity contribution < 1.29 is 35.3 Å². The number of ether oxygens (including phenoxy) is 1. The number of aryl methyl sites for hydroxylation is 1. The number of aromatic nitrogens is 1. The molecule has 7 nitrogen and oxygen atoms in total. The van der Waals surface area contributed by atoms with Gasteiger partial charge in [0, 0.05) is 17.8 Å². The van der Waals surface area contributed by atoms with Gasteiger partial charge >= 0.3 is 21.6 Å². The molecule has 0 unspecified atom stereocenters. The summed E-state index contributed by atoms with van der Waals surface area (Å²) in [5.41, 5.74) is -6.48. The van der Waals surface area contributed by atoms with E-state index >= 15 is 0 Å². The summed E-state index contributed by atoms with van der Waals surface area (Å²) >= 11 is 0. The van der Waals surface area contributed by atoms with E-state index in [1.165, 1.54) is 6.92 Å². The van der Waals surface area contributed by atoms with Crippen molar-refractivity contribution in [3.63, 3.8) is 0 Å². The first-order valence-corrected chi connectivity index (χ1v) is 7.26. The van der Waals surface area contributed by atoms with Gasteiger partial charge in [-0.05, 0) is 13.8 Å². The predicted molar refractivity (Wildman–Crippen MR) is 67.7 cm³/mol. The van der Waals surface area contributed by atoms with E-state index in [0.29, 0.717) is 6.07 Å². The fraction of sp³-hybridized carbons (Fsp3) is 0.455. The first kappa shape index (κ1) is 18.0. The quantitative estimate of drug-likeness (QED) is 0.449.